The molecule has 0 bridgehead atoms. The highest BCUT2D eigenvalue weighted by Gasteiger charge is 2.26. The lowest BCUT2D eigenvalue weighted by molar-refractivity contribution is -0.152. The first-order chi connectivity index (χ1) is 17.6. The van der Waals surface area contributed by atoms with Crippen LogP contribution in [-0.2, 0) is 34.4 Å². The van der Waals surface area contributed by atoms with Gasteiger partial charge < -0.3 is 23.7 Å². The first-order valence-corrected chi connectivity index (χ1v) is 13.0. The first kappa shape index (κ1) is 27.0. The van der Waals surface area contributed by atoms with E-state index in [1.807, 2.05) is 37.4 Å². The third-order valence-electron chi connectivity index (χ3n) is 6.74. The van der Waals surface area contributed by atoms with Gasteiger partial charge in [-0.1, -0.05) is 6.07 Å². The molecule has 1 aliphatic rings. The Bertz CT molecular complexity index is 1280. The van der Waals surface area contributed by atoms with Gasteiger partial charge in [-0.05, 0) is 64.3 Å². The molecule has 0 saturated carbocycles. The van der Waals surface area contributed by atoms with Crippen LogP contribution in [0.15, 0.2) is 35.3 Å². The highest BCUT2D eigenvalue weighted by Crippen LogP contribution is 2.28. The molecule has 0 spiro atoms. The van der Waals surface area contributed by atoms with E-state index in [0.717, 1.165) is 60.6 Å². The van der Waals surface area contributed by atoms with Gasteiger partial charge in [0, 0.05) is 50.0 Å². The normalized spacial score (nSPS) is 17.8. The highest BCUT2D eigenvalue weighted by atomic mass is 16.5. The average Bonchev–Trinajstić information content (AvgIpc) is 3.19. The van der Waals surface area contributed by atoms with Crippen LogP contribution in [0.3, 0.4) is 0 Å². The third kappa shape index (κ3) is 6.29. The van der Waals surface area contributed by atoms with Crippen LogP contribution in [0, 0.1) is 12.8 Å². The molecule has 1 aliphatic heterocycles. The summed E-state index contributed by atoms with van der Waals surface area (Å²) in [5.41, 5.74) is 4.30. The topological polar surface area (TPSA) is 108 Å². The van der Waals surface area contributed by atoms with Crippen LogP contribution >= 0.6 is 0 Å². The largest absolute Gasteiger partial charge is 0.462 e. The van der Waals surface area contributed by atoms with Crippen LogP contribution in [0.5, 0.6) is 0 Å². The number of nitrogens with zero attached hydrogens (tertiary/aromatic N) is 3. The second-order valence-corrected chi connectivity index (χ2v) is 10.4. The summed E-state index contributed by atoms with van der Waals surface area (Å²) in [6.45, 7) is 9.63. The molecule has 2 unspecified atom stereocenters. The summed E-state index contributed by atoms with van der Waals surface area (Å²) >= 11 is 0. The number of hydrogen-bond donors (Lipinski definition) is 2. The second-order valence-electron chi connectivity index (χ2n) is 10.4. The second kappa shape index (κ2) is 11.6. The zero-order valence-corrected chi connectivity index (χ0v) is 22.4. The molecular formula is C28H38N4O5. The van der Waals surface area contributed by atoms with Gasteiger partial charge in [0.15, 0.2) is 0 Å². The molecule has 1 aromatic carbocycles. The molecule has 3 aromatic rings. The van der Waals surface area contributed by atoms with E-state index in [9.17, 15) is 14.7 Å². The van der Waals surface area contributed by atoms with Gasteiger partial charge >= 0.3 is 5.97 Å². The Kier molecular flexibility index (Phi) is 8.46. The summed E-state index contributed by atoms with van der Waals surface area (Å²) in [5.74, 6) is 0.725. The lowest BCUT2D eigenvalue weighted by Crippen LogP contribution is -2.46. The number of fused-ring (bicyclic) bond motifs is 1. The number of carbonyl (C=O) groups is 1. The van der Waals surface area contributed by atoms with Gasteiger partial charge in [0.2, 0.25) is 0 Å². The van der Waals surface area contributed by atoms with Crippen molar-refractivity contribution < 1.29 is 19.4 Å². The van der Waals surface area contributed by atoms with Gasteiger partial charge in [0.1, 0.15) is 11.9 Å². The number of ether oxygens (including phenoxy) is 2. The van der Waals surface area contributed by atoms with Gasteiger partial charge in [0.05, 0.1) is 29.8 Å². The van der Waals surface area contributed by atoms with E-state index in [1.165, 1.54) is 0 Å². The number of aryl methyl sites for hydroxylation is 2. The van der Waals surface area contributed by atoms with Gasteiger partial charge in [-0.2, -0.15) is 0 Å². The van der Waals surface area contributed by atoms with E-state index < -0.39 is 18.1 Å². The molecule has 37 heavy (non-hydrogen) atoms. The molecular weight excluding hydrogens is 472 g/mol. The number of rotatable bonds is 9. The maximum absolute atomic E-state index is 12.4. The molecule has 0 radical (unpaired) electrons. The fourth-order valence-electron chi connectivity index (χ4n) is 4.88. The lowest BCUT2D eigenvalue weighted by atomic mass is 10.0. The smallest absolute Gasteiger partial charge is 0.326 e. The molecule has 9 nitrogen and oxygen atoms in total. The third-order valence-corrected chi connectivity index (χ3v) is 6.74. The van der Waals surface area contributed by atoms with Crippen LogP contribution in [0.1, 0.15) is 44.7 Å². The van der Waals surface area contributed by atoms with Gasteiger partial charge in [-0.15, -0.1) is 0 Å². The summed E-state index contributed by atoms with van der Waals surface area (Å²) < 4.78 is 14.8. The highest BCUT2D eigenvalue weighted by molar-refractivity contribution is 5.81. The number of aliphatic hydroxyl groups excluding tert-OH is 1. The Morgan fingerprint density at radius 1 is 1.30 bits per heavy atom. The zero-order chi connectivity index (χ0) is 26.7. The number of benzene rings is 1. The molecule has 200 valence electrons. The van der Waals surface area contributed by atoms with E-state index in [0.29, 0.717) is 18.0 Å². The number of carbonyl (C=O) groups excluding carboxylic acids is 1. The van der Waals surface area contributed by atoms with Crippen molar-refractivity contribution in [2.75, 3.05) is 13.2 Å². The van der Waals surface area contributed by atoms with Gasteiger partial charge in [-0.3, -0.25) is 14.9 Å². The molecule has 9 heteroatoms. The molecule has 2 N–H and O–H groups in total. The predicted molar refractivity (Wildman–Crippen MR) is 142 cm³/mol. The SMILES string of the molecule is Cc1cc(-c2nc3cc(CNC(C(=O)OC(C)C)C(C)O)ccc3n2C[C@@H]2CCCOC2)cn(C)c1=O. The van der Waals surface area contributed by atoms with Gasteiger partial charge in [0.25, 0.3) is 5.56 Å². The van der Waals surface area contributed by atoms with E-state index >= 15 is 0 Å². The monoisotopic (exact) mass is 510 g/mol. The van der Waals surface area contributed by atoms with E-state index in [1.54, 1.807) is 32.4 Å². The predicted octanol–water partition coefficient (Wildman–Crippen LogP) is 2.93. The number of pyridine rings is 1. The summed E-state index contributed by atoms with van der Waals surface area (Å²) in [5, 5.41) is 13.2. The molecule has 1 saturated heterocycles. The number of hydrogen-bond acceptors (Lipinski definition) is 7. The number of imidazole rings is 1. The van der Waals surface area contributed by atoms with Crippen molar-refractivity contribution in [1.29, 1.82) is 0 Å². The maximum Gasteiger partial charge on any atom is 0.326 e. The quantitative estimate of drug-likeness (QED) is 0.426. The number of esters is 1. The molecule has 3 atom stereocenters. The van der Waals surface area contributed by atoms with Crippen LogP contribution in [-0.4, -0.2) is 56.7 Å². The summed E-state index contributed by atoms with van der Waals surface area (Å²) in [7, 11) is 1.76. The van der Waals surface area contributed by atoms with Crippen molar-refractivity contribution in [2.45, 2.75) is 71.9 Å². The van der Waals surface area contributed by atoms with Crippen LogP contribution in [0.25, 0.3) is 22.4 Å². The number of nitrogens with one attached hydrogen (secondary N) is 1. The molecule has 1 fully saturated rings. The average molecular weight is 511 g/mol. The Hall–Kier alpha value is -3.01. The first-order valence-electron chi connectivity index (χ1n) is 13.0. The Labute approximate surface area is 217 Å². The van der Waals surface area contributed by atoms with Crippen molar-refractivity contribution in [3.63, 3.8) is 0 Å². The minimum atomic E-state index is -0.897. The summed E-state index contributed by atoms with van der Waals surface area (Å²) in [4.78, 5) is 29.7. The van der Waals surface area contributed by atoms with Crippen molar-refractivity contribution >= 4 is 17.0 Å². The standard InChI is InChI=1S/C28H38N4O5/c1-17(2)37-28(35)25(19(4)33)29-13-20-8-9-24-23(12-20)30-26(22-11-18(3)27(34)31(5)15-22)32(24)14-21-7-6-10-36-16-21/h8-9,11-12,15,17,19,21,25,29,33H,6-7,10,13-14,16H2,1-5H3/t19?,21-,25?/m0/s1. The number of aliphatic hydroxyl groups is 1. The molecule has 0 amide bonds. The fraction of sp³-hybridized carbons (Fsp3) is 0.536. The Balaban J connectivity index is 1.67. The summed E-state index contributed by atoms with van der Waals surface area (Å²) in [6, 6.07) is 7.12. The Morgan fingerprint density at radius 3 is 2.73 bits per heavy atom. The van der Waals surface area contributed by atoms with Crippen molar-refractivity contribution in [3.8, 4) is 11.4 Å². The number of aromatic nitrogens is 3. The zero-order valence-electron chi connectivity index (χ0n) is 22.4. The maximum atomic E-state index is 12.4. The van der Waals surface area contributed by atoms with Crippen LogP contribution < -0.4 is 10.9 Å². The minimum Gasteiger partial charge on any atom is -0.462 e. The molecule has 3 heterocycles. The molecule has 0 aliphatic carbocycles. The molecule has 2 aromatic heterocycles. The van der Waals surface area contributed by atoms with Crippen LogP contribution in [0.2, 0.25) is 0 Å². The van der Waals surface area contributed by atoms with Crippen molar-refractivity contribution in [1.82, 2.24) is 19.4 Å². The van der Waals surface area contributed by atoms with Crippen molar-refractivity contribution in [3.05, 3.63) is 51.9 Å². The van der Waals surface area contributed by atoms with E-state index in [4.69, 9.17) is 14.5 Å². The van der Waals surface area contributed by atoms with Gasteiger partial charge in [-0.25, -0.2) is 4.98 Å². The summed E-state index contributed by atoms with van der Waals surface area (Å²) in [6.07, 6.45) is 2.82. The van der Waals surface area contributed by atoms with Crippen LogP contribution in [0.4, 0.5) is 0 Å². The van der Waals surface area contributed by atoms with E-state index in [2.05, 4.69) is 9.88 Å². The Morgan fingerprint density at radius 2 is 2.08 bits per heavy atom. The van der Waals surface area contributed by atoms with Crippen molar-refractivity contribution in [2.24, 2.45) is 13.0 Å². The minimum absolute atomic E-state index is 0.0240. The lowest BCUT2D eigenvalue weighted by Gasteiger charge is -2.23. The van der Waals surface area contributed by atoms with E-state index in [-0.39, 0.29) is 11.7 Å². The fourth-order valence-corrected chi connectivity index (χ4v) is 4.88. The molecule has 4 rings (SSSR count).